The van der Waals surface area contributed by atoms with Crippen LogP contribution in [0.3, 0.4) is 0 Å². The first-order valence-corrected chi connectivity index (χ1v) is 9.94. The average molecular weight is 361 g/mol. The lowest BCUT2D eigenvalue weighted by atomic mass is 9.76. The second-order valence-corrected chi connectivity index (χ2v) is 8.78. The zero-order valence-corrected chi connectivity index (χ0v) is 18.0. The SMILES string of the molecule is CO[C@@]1(C)C(=O)C[C@@H]1O[C@H](C)c1c(C(C)C)cc(C(C)C)cc1C(C)C. The smallest absolute Gasteiger partial charge is 0.169 e. The van der Waals surface area contributed by atoms with Crippen LogP contribution < -0.4 is 0 Å². The lowest BCUT2D eigenvalue weighted by Crippen LogP contribution is -2.60. The number of rotatable bonds is 7. The summed E-state index contributed by atoms with van der Waals surface area (Å²) in [6.45, 7) is 17.4. The third kappa shape index (κ3) is 3.75. The van der Waals surface area contributed by atoms with Crippen molar-refractivity contribution in [1.82, 2.24) is 0 Å². The second-order valence-electron chi connectivity index (χ2n) is 8.78. The Morgan fingerprint density at radius 2 is 1.46 bits per heavy atom. The predicted octanol–water partition coefficient (Wildman–Crippen LogP) is 5.88. The number of hydrogen-bond acceptors (Lipinski definition) is 3. The van der Waals surface area contributed by atoms with Gasteiger partial charge in [0.25, 0.3) is 0 Å². The average Bonchev–Trinajstić information content (AvgIpc) is 2.58. The normalized spacial score (nSPS) is 24.5. The molecule has 2 rings (SSSR count). The van der Waals surface area contributed by atoms with Crippen LogP contribution in [0, 0.1) is 0 Å². The Balaban J connectivity index is 2.45. The van der Waals surface area contributed by atoms with Crippen LogP contribution >= 0.6 is 0 Å². The number of ether oxygens (including phenoxy) is 2. The molecular formula is C23H36O3. The summed E-state index contributed by atoms with van der Waals surface area (Å²) in [5.74, 6) is 1.46. The molecule has 0 unspecified atom stereocenters. The molecule has 1 fully saturated rings. The maximum Gasteiger partial charge on any atom is 0.169 e. The number of benzene rings is 1. The molecule has 0 bridgehead atoms. The summed E-state index contributed by atoms with van der Waals surface area (Å²) in [5, 5.41) is 0. The minimum atomic E-state index is -0.803. The molecule has 1 aliphatic carbocycles. The van der Waals surface area contributed by atoms with E-state index in [-0.39, 0.29) is 18.0 Å². The Hall–Kier alpha value is -1.19. The van der Waals surface area contributed by atoms with Crippen molar-refractivity contribution in [2.45, 2.75) is 97.4 Å². The quantitative estimate of drug-likeness (QED) is 0.609. The first-order valence-electron chi connectivity index (χ1n) is 9.94. The lowest BCUT2D eigenvalue weighted by Gasteiger charge is -2.45. The maximum atomic E-state index is 12.0. The molecule has 0 saturated heterocycles. The predicted molar refractivity (Wildman–Crippen MR) is 107 cm³/mol. The minimum absolute atomic E-state index is 0.0708. The highest BCUT2D eigenvalue weighted by Crippen LogP contribution is 2.41. The molecule has 3 atom stereocenters. The summed E-state index contributed by atoms with van der Waals surface area (Å²) >= 11 is 0. The third-order valence-electron chi connectivity index (χ3n) is 5.91. The number of Topliss-reactive ketones (excluding diaryl/α,β-unsaturated/α-hetero) is 1. The molecule has 146 valence electrons. The van der Waals surface area contributed by atoms with Gasteiger partial charge in [-0.05, 0) is 53.9 Å². The summed E-state index contributed by atoms with van der Waals surface area (Å²) in [7, 11) is 1.59. The molecule has 3 heteroatoms. The van der Waals surface area contributed by atoms with Crippen LogP contribution in [0.4, 0.5) is 0 Å². The van der Waals surface area contributed by atoms with E-state index in [4.69, 9.17) is 9.47 Å². The zero-order chi connectivity index (χ0) is 19.8. The highest BCUT2D eigenvalue weighted by Gasteiger charge is 2.53. The molecular weight excluding hydrogens is 324 g/mol. The summed E-state index contributed by atoms with van der Waals surface area (Å²) in [4.78, 5) is 12.0. The number of carbonyl (C=O) groups is 1. The molecule has 0 radical (unpaired) electrons. The van der Waals surface area contributed by atoms with Crippen molar-refractivity contribution in [3.05, 3.63) is 34.4 Å². The maximum absolute atomic E-state index is 12.0. The largest absolute Gasteiger partial charge is 0.368 e. The molecule has 0 aromatic heterocycles. The van der Waals surface area contributed by atoms with Crippen LogP contribution in [-0.2, 0) is 14.3 Å². The molecule has 1 aliphatic rings. The van der Waals surface area contributed by atoms with Gasteiger partial charge in [0.05, 0.1) is 6.10 Å². The van der Waals surface area contributed by atoms with Gasteiger partial charge in [0.1, 0.15) is 11.7 Å². The Kier molecular flexibility index (Phi) is 6.35. The van der Waals surface area contributed by atoms with Crippen molar-refractivity contribution in [2.24, 2.45) is 0 Å². The standard InChI is InChI=1S/C23H36O3/c1-13(2)17-10-18(14(3)4)22(19(11-17)15(5)6)16(7)26-21-12-20(24)23(21,8)25-9/h10-11,13-16,21H,12H2,1-9H3/t16-,21+,23+/m1/s1. The summed E-state index contributed by atoms with van der Waals surface area (Å²) in [6.07, 6.45) is 0.186. The molecule has 26 heavy (non-hydrogen) atoms. The number of carbonyl (C=O) groups excluding carboxylic acids is 1. The first kappa shape index (κ1) is 21.1. The fourth-order valence-electron chi connectivity index (χ4n) is 3.83. The Labute approximate surface area is 159 Å². The highest BCUT2D eigenvalue weighted by molar-refractivity contribution is 5.94. The molecule has 1 aromatic rings. The van der Waals surface area contributed by atoms with Crippen LogP contribution in [0.2, 0.25) is 0 Å². The number of hydrogen-bond donors (Lipinski definition) is 0. The lowest BCUT2D eigenvalue weighted by molar-refractivity contribution is -0.197. The molecule has 0 N–H and O–H groups in total. The highest BCUT2D eigenvalue weighted by atomic mass is 16.6. The van der Waals surface area contributed by atoms with Gasteiger partial charge in [-0.3, -0.25) is 4.79 Å². The molecule has 0 spiro atoms. The topological polar surface area (TPSA) is 35.5 Å². The van der Waals surface area contributed by atoms with Crippen molar-refractivity contribution in [3.63, 3.8) is 0 Å². The second kappa shape index (κ2) is 7.82. The van der Waals surface area contributed by atoms with Gasteiger partial charge >= 0.3 is 0 Å². The van der Waals surface area contributed by atoms with Crippen molar-refractivity contribution in [2.75, 3.05) is 7.11 Å². The van der Waals surface area contributed by atoms with E-state index >= 15 is 0 Å². The van der Waals surface area contributed by atoms with Gasteiger partial charge in [-0.25, -0.2) is 0 Å². The van der Waals surface area contributed by atoms with E-state index in [1.165, 1.54) is 22.3 Å². The van der Waals surface area contributed by atoms with Crippen molar-refractivity contribution >= 4 is 5.78 Å². The summed E-state index contributed by atoms with van der Waals surface area (Å²) in [6, 6.07) is 4.69. The molecule has 0 aliphatic heterocycles. The van der Waals surface area contributed by atoms with Crippen molar-refractivity contribution in [1.29, 1.82) is 0 Å². The first-order chi connectivity index (χ1) is 12.0. The van der Waals surface area contributed by atoms with Crippen LogP contribution in [0.5, 0.6) is 0 Å². The molecule has 3 nitrogen and oxygen atoms in total. The van der Waals surface area contributed by atoms with Crippen LogP contribution in [-0.4, -0.2) is 24.6 Å². The van der Waals surface area contributed by atoms with E-state index < -0.39 is 5.60 Å². The van der Waals surface area contributed by atoms with Crippen LogP contribution in [0.25, 0.3) is 0 Å². The van der Waals surface area contributed by atoms with Crippen molar-refractivity contribution < 1.29 is 14.3 Å². The van der Waals surface area contributed by atoms with E-state index in [1.54, 1.807) is 7.11 Å². The van der Waals surface area contributed by atoms with Gasteiger partial charge in [0.2, 0.25) is 0 Å². The van der Waals surface area contributed by atoms with Gasteiger partial charge in [-0.1, -0.05) is 53.7 Å². The number of methoxy groups -OCH3 is 1. The van der Waals surface area contributed by atoms with Gasteiger partial charge in [0.15, 0.2) is 5.78 Å². The Morgan fingerprint density at radius 3 is 1.81 bits per heavy atom. The molecule has 1 aromatic carbocycles. The summed E-state index contributed by atoms with van der Waals surface area (Å²) < 4.78 is 11.9. The van der Waals surface area contributed by atoms with E-state index in [9.17, 15) is 4.79 Å². The van der Waals surface area contributed by atoms with E-state index in [0.717, 1.165) is 0 Å². The van der Waals surface area contributed by atoms with Gasteiger partial charge in [0, 0.05) is 13.5 Å². The van der Waals surface area contributed by atoms with Crippen LogP contribution in [0.15, 0.2) is 12.1 Å². The zero-order valence-electron chi connectivity index (χ0n) is 18.0. The molecule has 0 heterocycles. The van der Waals surface area contributed by atoms with Gasteiger partial charge in [-0.15, -0.1) is 0 Å². The van der Waals surface area contributed by atoms with E-state index in [0.29, 0.717) is 24.2 Å². The minimum Gasteiger partial charge on any atom is -0.368 e. The fourth-order valence-corrected chi connectivity index (χ4v) is 3.83. The monoisotopic (exact) mass is 360 g/mol. The fraction of sp³-hybridized carbons (Fsp3) is 0.696. The van der Waals surface area contributed by atoms with Crippen LogP contribution in [0.1, 0.15) is 108 Å². The molecule has 0 amide bonds. The summed E-state index contributed by atoms with van der Waals surface area (Å²) in [5.41, 5.74) is 4.59. The van der Waals surface area contributed by atoms with Gasteiger partial charge < -0.3 is 9.47 Å². The molecule has 1 saturated carbocycles. The van der Waals surface area contributed by atoms with Crippen molar-refractivity contribution in [3.8, 4) is 0 Å². The third-order valence-corrected chi connectivity index (χ3v) is 5.91. The Bertz CT molecular complexity index is 630. The van der Waals surface area contributed by atoms with Gasteiger partial charge in [-0.2, -0.15) is 0 Å². The van der Waals surface area contributed by atoms with E-state index in [1.807, 2.05) is 6.92 Å². The Morgan fingerprint density at radius 1 is 0.962 bits per heavy atom. The van der Waals surface area contributed by atoms with E-state index in [2.05, 4.69) is 60.6 Å². The number of ketones is 1.